The monoisotopic (exact) mass is 333 g/mol. The summed E-state index contributed by atoms with van der Waals surface area (Å²) in [6.45, 7) is 1.85. The number of carbonyl (C=O) groups excluding carboxylic acids is 1. The van der Waals surface area contributed by atoms with Crippen molar-refractivity contribution in [3.63, 3.8) is 0 Å². The molecule has 0 aliphatic carbocycles. The van der Waals surface area contributed by atoms with Crippen molar-refractivity contribution in [3.8, 4) is 5.75 Å². The van der Waals surface area contributed by atoms with Gasteiger partial charge in [-0.2, -0.15) is 0 Å². The minimum Gasteiger partial charge on any atom is -0.872 e. The molecule has 0 radical (unpaired) electrons. The average molecular weight is 334 g/mol. The van der Waals surface area contributed by atoms with Crippen molar-refractivity contribution in [2.24, 2.45) is 0 Å². The van der Waals surface area contributed by atoms with Crippen LogP contribution < -0.4 is 40.0 Å². The molecule has 0 aliphatic rings. The van der Waals surface area contributed by atoms with Crippen molar-refractivity contribution >= 4 is 34.0 Å². The molecule has 3 aromatic carbocycles. The minimum absolute atomic E-state index is 0. The summed E-state index contributed by atoms with van der Waals surface area (Å²) < 4.78 is 0. The molecular formula is C18H13ClNNaO2. The zero-order valence-corrected chi connectivity index (χ0v) is 15.6. The van der Waals surface area contributed by atoms with Crippen LogP contribution in [0.3, 0.4) is 0 Å². The number of amides is 1. The molecular weight excluding hydrogens is 321 g/mol. The van der Waals surface area contributed by atoms with Gasteiger partial charge in [-0.3, -0.25) is 4.79 Å². The zero-order valence-electron chi connectivity index (χ0n) is 12.9. The average Bonchev–Trinajstić information content (AvgIpc) is 2.49. The van der Waals surface area contributed by atoms with Crippen LogP contribution in [0.2, 0.25) is 5.02 Å². The number of anilines is 1. The Labute approximate surface area is 161 Å². The van der Waals surface area contributed by atoms with Crippen molar-refractivity contribution in [2.75, 3.05) is 5.32 Å². The molecule has 110 valence electrons. The van der Waals surface area contributed by atoms with Gasteiger partial charge in [0, 0.05) is 16.3 Å². The number of aryl methyl sites for hydroxylation is 1. The first-order valence-electron chi connectivity index (χ1n) is 6.82. The van der Waals surface area contributed by atoms with Gasteiger partial charge in [0.25, 0.3) is 5.91 Å². The molecule has 3 nitrogen and oxygen atoms in total. The number of hydrogen-bond acceptors (Lipinski definition) is 2. The molecule has 0 heterocycles. The van der Waals surface area contributed by atoms with E-state index < -0.39 is 5.91 Å². The van der Waals surface area contributed by atoms with Gasteiger partial charge in [-0.05, 0) is 47.5 Å². The van der Waals surface area contributed by atoms with Crippen LogP contribution in [0.25, 0.3) is 10.8 Å². The first-order valence-corrected chi connectivity index (χ1v) is 7.20. The fourth-order valence-corrected chi connectivity index (χ4v) is 2.58. The Morgan fingerprint density at radius 2 is 1.70 bits per heavy atom. The summed E-state index contributed by atoms with van der Waals surface area (Å²) in [5.74, 6) is -0.705. The van der Waals surface area contributed by atoms with Crippen molar-refractivity contribution in [1.82, 2.24) is 0 Å². The predicted octanol–water partition coefficient (Wildman–Crippen LogP) is 1.13. The van der Waals surface area contributed by atoms with Gasteiger partial charge in [-0.15, -0.1) is 0 Å². The molecule has 0 bridgehead atoms. The minimum atomic E-state index is -0.416. The summed E-state index contributed by atoms with van der Waals surface area (Å²) in [5, 5.41) is 17.2. The van der Waals surface area contributed by atoms with E-state index in [1.165, 1.54) is 6.07 Å². The van der Waals surface area contributed by atoms with Crippen LogP contribution in [0.1, 0.15) is 15.9 Å². The number of benzene rings is 3. The standard InChI is InChI=1S/C18H14ClNO2.Na/c1-11-8-14(19)6-7-16(11)20-18(22)15-9-12-4-2-3-5-13(12)10-17(15)21;/h2-10,21H,1H3,(H,20,22);/q;+1/p-1. The van der Waals surface area contributed by atoms with E-state index in [2.05, 4.69) is 5.32 Å². The summed E-state index contributed by atoms with van der Waals surface area (Å²) in [5.41, 5.74) is 1.61. The first kappa shape index (κ1) is 17.8. The SMILES string of the molecule is Cc1cc(Cl)ccc1NC(=O)c1cc2ccccc2cc1[O-].[Na+]. The second-order valence-corrected chi connectivity index (χ2v) is 5.55. The third-order valence-corrected chi connectivity index (χ3v) is 3.76. The molecule has 0 unspecified atom stereocenters. The van der Waals surface area contributed by atoms with E-state index in [0.29, 0.717) is 10.7 Å². The van der Waals surface area contributed by atoms with E-state index in [4.69, 9.17) is 11.6 Å². The molecule has 0 saturated heterocycles. The number of nitrogens with one attached hydrogen (secondary N) is 1. The molecule has 0 atom stereocenters. The van der Waals surface area contributed by atoms with Crippen LogP contribution in [-0.4, -0.2) is 5.91 Å². The largest absolute Gasteiger partial charge is 1.00 e. The number of halogens is 1. The van der Waals surface area contributed by atoms with Crippen molar-refractivity contribution in [1.29, 1.82) is 0 Å². The van der Waals surface area contributed by atoms with Gasteiger partial charge in [-0.1, -0.05) is 47.7 Å². The van der Waals surface area contributed by atoms with E-state index in [1.807, 2.05) is 31.2 Å². The van der Waals surface area contributed by atoms with Crippen LogP contribution >= 0.6 is 11.6 Å². The van der Waals surface area contributed by atoms with Crippen molar-refractivity contribution in [3.05, 3.63) is 70.7 Å². The third-order valence-electron chi connectivity index (χ3n) is 3.53. The molecule has 3 rings (SSSR count). The molecule has 0 fully saturated rings. The summed E-state index contributed by atoms with van der Waals surface area (Å²) in [6.07, 6.45) is 0. The van der Waals surface area contributed by atoms with Gasteiger partial charge in [0.05, 0.1) is 0 Å². The number of carbonyl (C=O) groups is 1. The van der Waals surface area contributed by atoms with E-state index >= 15 is 0 Å². The summed E-state index contributed by atoms with van der Waals surface area (Å²) in [7, 11) is 0. The molecule has 0 aromatic heterocycles. The quantitative estimate of drug-likeness (QED) is 0.715. The second kappa shape index (κ2) is 7.37. The molecule has 0 saturated carbocycles. The van der Waals surface area contributed by atoms with Gasteiger partial charge in [0.15, 0.2) is 0 Å². The first-order chi connectivity index (χ1) is 10.5. The van der Waals surface area contributed by atoms with Crippen LogP contribution in [0.5, 0.6) is 5.75 Å². The van der Waals surface area contributed by atoms with Gasteiger partial charge >= 0.3 is 29.6 Å². The van der Waals surface area contributed by atoms with Crippen LogP contribution in [0, 0.1) is 6.92 Å². The molecule has 23 heavy (non-hydrogen) atoms. The van der Waals surface area contributed by atoms with Crippen molar-refractivity contribution < 1.29 is 39.5 Å². The fourth-order valence-electron chi connectivity index (χ4n) is 2.35. The topological polar surface area (TPSA) is 52.2 Å². The summed E-state index contributed by atoms with van der Waals surface area (Å²) >= 11 is 5.90. The molecule has 0 spiro atoms. The van der Waals surface area contributed by atoms with E-state index in [0.717, 1.165) is 16.3 Å². The predicted molar refractivity (Wildman–Crippen MR) is 87.5 cm³/mol. The van der Waals surface area contributed by atoms with Gasteiger partial charge in [-0.25, -0.2) is 0 Å². The van der Waals surface area contributed by atoms with Crippen LogP contribution in [0.15, 0.2) is 54.6 Å². The Balaban J connectivity index is 0.00000192. The molecule has 3 aromatic rings. The normalized spacial score (nSPS) is 10.2. The molecule has 5 heteroatoms. The Hall–Kier alpha value is -1.52. The smallest absolute Gasteiger partial charge is 0.872 e. The Morgan fingerprint density at radius 3 is 2.35 bits per heavy atom. The molecule has 0 aliphatic heterocycles. The number of rotatable bonds is 2. The second-order valence-electron chi connectivity index (χ2n) is 5.11. The van der Waals surface area contributed by atoms with Crippen molar-refractivity contribution in [2.45, 2.75) is 6.92 Å². The van der Waals surface area contributed by atoms with Crippen LogP contribution in [0.4, 0.5) is 5.69 Å². The molecule has 1 amide bonds. The van der Waals surface area contributed by atoms with Gasteiger partial charge in [0.1, 0.15) is 0 Å². The van der Waals surface area contributed by atoms with E-state index in [-0.39, 0.29) is 40.9 Å². The summed E-state index contributed by atoms with van der Waals surface area (Å²) in [4.78, 5) is 12.4. The summed E-state index contributed by atoms with van der Waals surface area (Å²) in [6, 6.07) is 15.7. The molecule has 1 N–H and O–H groups in total. The van der Waals surface area contributed by atoms with E-state index in [1.54, 1.807) is 24.3 Å². The Kier molecular flexibility index (Phi) is 5.71. The van der Waals surface area contributed by atoms with E-state index in [9.17, 15) is 9.90 Å². The fraction of sp³-hybridized carbons (Fsp3) is 0.0556. The Morgan fingerprint density at radius 1 is 1.04 bits per heavy atom. The maximum atomic E-state index is 12.4. The number of hydrogen-bond donors (Lipinski definition) is 1. The number of fused-ring (bicyclic) bond motifs is 1. The maximum absolute atomic E-state index is 12.4. The zero-order chi connectivity index (χ0) is 15.7. The van der Waals surface area contributed by atoms with Gasteiger partial charge < -0.3 is 10.4 Å². The third kappa shape index (κ3) is 3.88. The maximum Gasteiger partial charge on any atom is 1.00 e. The van der Waals surface area contributed by atoms with Crippen LogP contribution in [-0.2, 0) is 0 Å². The Bertz CT molecular complexity index is 880. The van der Waals surface area contributed by atoms with Gasteiger partial charge in [0.2, 0.25) is 0 Å².